The fraction of sp³-hybridized carbons (Fsp3) is 0.281. The molecule has 1 fully saturated rings. The summed E-state index contributed by atoms with van der Waals surface area (Å²) >= 11 is 7.75. The Hall–Kier alpha value is -3.96. The minimum Gasteiger partial charge on any atom is -0.496 e. The molecule has 1 saturated heterocycles. The number of anilines is 2. The number of carbonyl (C=O) groups is 3. The van der Waals surface area contributed by atoms with Gasteiger partial charge in [-0.1, -0.05) is 67.2 Å². The van der Waals surface area contributed by atoms with Gasteiger partial charge in [0.05, 0.1) is 33.9 Å². The molecule has 0 aliphatic carbocycles. The number of likely N-dealkylation sites (tertiary alicyclic amines) is 1. The summed E-state index contributed by atoms with van der Waals surface area (Å²) in [5, 5.41) is 14.9. The van der Waals surface area contributed by atoms with Crippen LogP contribution in [0.5, 0.6) is 5.75 Å². The van der Waals surface area contributed by atoms with Crippen LogP contribution in [0.4, 0.5) is 16.2 Å². The fourth-order valence-electron chi connectivity index (χ4n) is 4.17. The number of hydrogen-bond donors (Lipinski definition) is 3. The molecule has 2 heterocycles. The van der Waals surface area contributed by atoms with Gasteiger partial charge < -0.3 is 24.8 Å². The first-order chi connectivity index (χ1) is 20.9. The third-order valence-corrected chi connectivity index (χ3v) is 7.56. The van der Waals surface area contributed by atoms with Crippen LogP contribution in [-0.2, 0) is 9.53 Å². The first kappa shape index (κ1) is 35.2. The molecule has 0 atom stereocenters. The number of nitrogens with zero attached hydrogens (tertiary/aromatic N) is 1. The van der Waals surface area contributed by atoms with Gasteiger partial charge in [0.1, 0.15) is 11.9 Å². The largest absolute Gasteiger partial charge is 0.496 e. The number of methoxy groups -OCH3 is 1. The van der Waals surface area contributed by atoms with Crippen molar-refractivity contribution in [3.8, 4) is 16.2 Å². The molecule has 43 heavy (non-hydrogen) atoms. The molecule has 2 amide bonds. The summed E-state index contributed by atoms with van der Waals surface area (Å²) in [6, 6.07) is 14.8. The zero-order valence-electron chi connectivity index (χ0n) is 24.4. The molecular formula is C32H38ClN3O6S. The first-order valence-corrected chi connectivity index (χ1v) is 14.8. The van der Waals surface area contributed by atoms with Crippen LogP contribution >= 0.6 is 22.9 Å². The van der Waals surface area contributed by atoms with Crippen molar-refractivity contribution in [3.63, 3.8) is 0 Å². The number of aliphatic hydroxyl groups is 1. The lowest BCUT2D eigenvalue weighted by Gasteiger charge is -2.31. The van der Waals surface area contributed by atoms with Crippen LogP contribution in [0.1, 0.15) is 29.6 Å². The molecule has 0 spiro atoms. The van der Waals surface area contributed by atoms with Crippen molar-refractivity contribution in [2.45, 2.75) is 25.4 Å². The normalized spacial score (nSPS) is 12.7. The van der Waals surface area contributed by atoms with Crippen molar-refractivity contribution in [3.05, 3.63) is 89.8 Å². The van der Waals surface area contributed by atoms with Crippen molar-refractivity contribution in [2.24, 2.45) is 0 Å². The highest BCUT2D eigenvalue weighted by molar-refractivity contribution is 7.14. The standard InChI is InChI=1S/C27H28ClN3O5S.C4H6.CH4O/c1-35-24-16-23(21(28)15-19(24)17-32)29-25(33)9-13-31-11-7-20(8-12-31)36-27(34)30-22-10-14-37-26(22)18-5-3-2-4-6-18;1-3-4-2;1-2/h2-6,10,14-17,20H,7-9,11-13H2,1H3,(H,29,33)(H,30,34);3-4H,1-2H2;2H,1H3. The van der Waals surface area contributed by atoms with E-state index in [0.717, 1.165) is 36.3 Å². The summed E-state index contributed by atoms with van der Waals surface area (Å²) in [6.07, 6.45) is 4.96. The second kappa shape index (κ2) is 19.3. The van der Waals surface area contributed by atoms with Gasteiger partial charge in [-0.05, 0) is 35.9 Å². The molecule has 1 aromatic heterocycles. The molecule has 0 saturated carbocycles. The van der Waals surface area contributed by atoms with Crippen LogP contribution in [0.2, 0.25) is 5.02 Å². The Morgan fingerprint density at radius 3 is 2.35 bits per heavy atom. The molecule has 0 unspecified atom stereocenters. The molecule has 2 aromatic carbocycles. The number of carbonyl (C=O) groups excluding carboxylic acids is 3. The van der Waals surface area contributed by atoms with Gasteiger partial charge in [0.25, 0.3) is 0 Å². The van der Waals surface area contributed by atoms with E-state index in [9.17, 15) is 14.4 Å². The van der Waals surface area contributed by atoms with E-state index < -0.39 is 6.09 Å². The predicted molar refractivity (Wildman–Crippen MR) is 174 cm³/mol. The number of amides is 2. The van der Waals surface area contributed by atoms with E-state index in [2.05, 4.69) is 28.7 Å². The number of aliphatic hydroxyl groups excluding tert-OH is 1. The lowest BCUT2D eigenvalue weighted by atomic mass is 10.1. The minimum atomic E-state index is -0.457. The Morgan fingerprint density at radius 1 is 1.07 bits per heavy atom. The molecule has 0 radical (unpaired) electrons. The number of thiophene rings is 1. The number of ether oxygens (including phenoxy) is 2. The number of hydrogen-bond acceptors (Lipinski definition) is 8. The smallest absolute Gasteiger partial charge is 0.411 e. The Labute approximate surface area is 261 Å². The van der Waals surface area contributed by atoms with Crippen LogP contribution < -0.4 is 15.4 Å². The van der Waals surface area contributed by atoms with E-state index in [-0.39, 0.29) is 23.5 Å². The number of piperidine rings is 1. The molecule has 1 aliphatic heterocycles. The zero-order chi connectivity index (χ0) is 31.6. The van der Waals surface area contributed by atoms with E-state index in [1.165, 1.54) is 19.2 Å². The summed E-state index contributed by atoms with van der Waals surface area (Å²) in [4.78, 5) is 39.2. The summed E-state index contributed by atoms with van der Waals surface area (Å²) in [5.74, 6) is 0.154. The van der Waals surface area contributed by atoms with Crippen molar-refractivity contribution < 1.29 is 29.0 Å². The van der Waals surface area contributed by atoms with Crippen LogP contribution in [0, 0.1) is 0 Å². The van der Waals surface area contributed by atoms with Gasteiger partial charge in [0, 0.05) is 39.2 Å². The van der Waals surface area contributed by atoms with Gasteiger partial charge in [-0.25, -0.2) is 4.79 Å². The number of benzene rings is 2. The first-order valence-electron chi connectivity index (χ1n) is 13.5. The van der Waals surface area contributed by atoms with Crippen LogP contribution in [-0.4, -0.2) is 68.3 Å². The Balaban J connectivity index is 0.000000993. The van der Waals surface area contributed by atoms with Crippen molar-refractivity contribution in [1.82, 2.24) is 4.90 Å². The van der Waals surface area contributed by atoms with Gasteiger partial charge in [-0.2, -0.15) is 0 Å². The molecule has 1 aliphatic rings. The second-order valence-corrected chi connectivity index (χ2v) is 10.4. The summed E-state index contributed by atoms with van der Waals surface area (Å²) < 4.78 is 10.8. The zero-order valence-corrected chi connectivity index (χ0v) is 26.0. The number of aldehydes is 1. The van der Waals surface area contributed by atoms with Gasteiger partial charge in [-0.15, -0.1) is 11.3 Å². The predicted octanol–water partition coefficient (Wildman–Crippen LogP) is 6.90. The Morgan fingerprint density at radius 2 is 1.74 bits per heavy atom. The minimum absolute atomic E-state index is 0.175. The van der Waals surface area contributed by atoms with Gasteiger partial charge in [-0.3, -0.25) is 14.9 Å². The molecule has 9 nitrogen and oxygen atoms in total. The third kappa shape index (κ3) is 11.3. The fourth-order valence-corrected chi connectivity index (χ4v) is 5.25. The molecule has 0 bridgehead atoms. The SMILES string of the molecule is C=CC=C.CO.COc1cc(NC(=O)CCN2CCC(OC(=O)Nc3ccsc3-c3ccccc3)CC2)c(Cl)cc1C=O. The maximum Gasteiger partial charge on any atom is 0.411 e. The molecular weight excluding hydrogens is 590 g/mol. The quantitative estimate of drug-likeness (QED) is 0.165. The van der Waals surface area contributed by atoms with E-state index in [0.29, 0.717) is 42.7 Å². The number of halogens is 1. The lowest BCUT2D eigenvalue weighted by molar-refractivity contribution is -0.116. The maximum absolute atomic E-state index is 12.5. The highest BCUT2D eigenvalue weighted by atomic mass is 35.5. The van der Waals surface area contributed by atoms with Crippen LogP contribution in [0.15, 0.2) is 79.2 Å². The van der Waals surface area contributed by atoms with Crippen molar-refractivity contribution in [1.29, 1.82) is 0 Å². The molecule has 3 aromatic rings. The van der Waals surface area contributed by atoms with E-state index in [4.69, 9.17) is 26.2 Å². The van der Waals surface area contributed by atoms with Crippen LogP contribution in [0.3, 0.4) is 0 Å². The van der Waals surface area contributed by atoms with Gasteiger partial charge in [0.15, 0.2) is 6.29 Å². The van der Waals surface area contributed by atoms with E-state index in [1.807, 2.05) is 41.8 Å². The topological polar surface area (TPSA) is 117 Å². The number of rotatable bonds is 10. The molecule has 4 rings (SSSR count). The molecule has 230 valence electrons. The lowest BCUT2D eigenvalue weighted by Crippen LogP contribution is -2.39. The van der Waals surface area contributed by atoms with Gasteiger partial charge in [0.2, 0.25) is 5.91 Å². The summed E-state index contributed by atoms with van der Waals surface area (Å²) in [5.41, 5.74) is 2.50. The second-order valence-electron chi connectivity index (χ2n) is 9.06. The van der Waals surface area contributed by atoms with Crippen LogP contribution in [0.25, 0.3) is 10.4 Å². The third-order valence-electron chi connectivity index (χ3n) is 6.29. The van der Waals surface area contributed by atoms with Crippen molar-refractivity contribution in [2.75, 3.05) is 44.5 Å². The number of nitrogens with one attached hydrogen (secondary N) is 2. The highest BCUT2D eigenvalue weighted by Crippen LogP contribution is 2.34. The summed E-state index contributed by atoms with van der Waals surface area (Å²) in [7, 11) is 2.45. The van der Waals surface area contributed by atoms with Gasteiger partial charge >= 0.3 is 6.09 Å². The van der Waals surface area contributed by atoms with Crippen molar-refractivity contribution >= 4 is 52.6 Å². The molecule has 3 N–H and O–H groups in total. The van der Waals surface area contributed by atoms with E-state index in [1.54, 1.807) is 23.5 Å². The number of allylic oxidation sites excluding steroid dienone is 2. The Kier molecular flexibility index (Phi) is 15.8. The van der Waals surface area contributed by atoms with E-state index >= 15 is 0 Å². The monoisotopic (exact) mass is 627 g/mol. The molecule has 11 heteroatoms. The maximum atomic E-state index is 12.5. The highest BCUT2D eigenvalue weighted by Gasteiger charge is 2.23. The average molecular weight is 628 g/mol. The average Bonchev–Trinajstić information content (AvgIpc) is 3.50. The Bertz CT molecular complexity index is 1330. The summed E-state index contributed by atoms with van der Waals surface area (Å²) in [6.45, 7) is 8.74.